The lowest BCUT2D eigenvalue weighted by molar-refractivity contribution is -0.134. The largest absolute Gasteiger partial charge is 0.493 e. The van der Waals surface area contributed by atoms with E-state index in [2.05, 4.69) is 4.98 Å². The molecule has 1 amide bonds. The van der Waals surface area contributed by atoms with Crippen molar-refractivity contribution in [2.45, 2.75) is 44.1 Å². The molecule has 1 unspecified atom stereocenters. The van der Waals surface area contributed by atoms with Gasteiger partial charge in [-0.1, -0.05) is 6.07 Å². The number of amides is 1. The first-order valence-corrected chi connectivity index (χ1v) is 9.75. The Morgan fingerprint density at radius 3 is 3.07 bits per heavy atom. The highest BCUT2D eigenvalue weighted by molar-refractivity contribution is 5.85. The number of benzene rings is 1. The fraction of sp³-hybridized carbons (Fsp3) is 0.455. The van der Waals surface area contributed by atoms with Crippen molar-refractivity contribution in [3.8, 4) is 5.75 Å². The summed E-state index contributed by atoms with van der Waals surface area (Å²) >= 11 is 0. The molecule has 3 aliphatic rings. The summed E-state index contributed by atoms with van der Waals surface area (Å²) in [4.78, 5) is 20.1. The smallest absolute Gasteiger partial charge is 0.227 e. The number of fused-ring (bicyclic) bond motifs is 2. The van der Waals surface area contributed by atoms with Crippen LogP contribution in [0.1, 0.15) is 48.7 Å². The van der Waals surface area contributed by atoms with Gasteiger partial charge in [0, 0.05) is 29.1 Å². The van der Waals surface area contributed by atoms with E-state index < -0.39 is 0 Å². The number of carbonyl (C=O) groups excluding carboxylic acids is 1. The minimum atomic E-state index is -0.264. The van der Waals surface area contributed by atoms with Crippen LogP contribution in [-0.4, -0.2) is 28.9 Å². The number of aromatic nitrogens is 1. The third-order valence-corrected chi connectivity index (χ3v) is 6.44. The third kappa shape index (κ3) is 2.63. The summed E-state index contributed by atoms with van der Waals surface area (Å²) in [6.07, 6.45) is 3.52. The van der Waals surface area contributed by atoms with Crippen molar-refractivity contribution >= 4 is 5.91 Å². The van der Waals surface area contributed by atoms with E-state index in [-0.39, 0.29) is 29.1 Å². The van der Waals surface area contributed by atoms with Gasteiger partial charge in [-0.3, -0.25) is 9.78 Å². The first-order chi connectivity index (χ1) is 13.1. The molecule has 1 aliphatic carbocycles. The minimum Gasteiger partial charge on any atom is -0.493 e. The van der Waals surface area contributed by atoms with Crippen molar-refractivity contribution in [2.75, 3.05) is 13.2 Å². The molecule has 1 saturated heterocycles. The zero-order chi connectivity index (χ0) is 18.6. The minimum absolute atomic E-state index is 0.0573. The molecule has 0 radical (unpaired) electrons. The van der Waals surface area contributed by atoms with Gasteiger partial charge in [0.15, 0.2) is 0 Å². The second-order valence-electron chi connectivity index (χ2n) is 8.05. The highest BCUT2D eigenvalue weighted by Gasteiger charge is 2.62. The molecular weight excluding hydrogens is 343 g/mol. The van der Waals surface area contributed by atoms with E-state index >= 15 is 0 Å². The maximum Gasteiger partial charge on any atom is 0.227 e. The molecule has 5 heteroatoms. The molecule has 2 aliphatic heterocycles. The first kappa shape index (κ1) is 16.7. The second kappa shape index (κ2) is 6.04. The summed E-state index contributed by atoms with van der Waals surface area (Å²) in [5.41, 5.74) is 2.58. The molecule has 0 bridgehead atoms. The number of ether oxygens (including phenoxy) is 1. The molecular formula is C22H23FN2O2. The summed E-state index contributed by atoms with van der Waals surface area (Å²) in [5.74, 6) is 0.585. The van der Waals surface area contributed by atoms with Crippen LogP contribution in [0.5, 0.6) is 5.75 Å². The van der Waals surface area contributed by atoms with E-state index in [4.69, 9.17) is 4.74 Å². The Hall–Kier alpha value is -2.43. The van der Waals surface area contributed by atoms with E-state index in [1.165, 1.54) is 6.07 Å². The number of aryl methyl sites for hydroxylation is 1. The summed E-state index contributed by atoms with van der Waals surface area (Å²) in [7, 11) is 0. The average molecular weight is 366 g/mol. The Morgan fingerprint density at radius 1 is 1.33 bits per heavy atom. The van der Waals surface area contributed by atoms with Crippen molar-refractivity contribution in [1.82, 2.24) is 9.88 Å². The van der Waals surface area contributed by atoms with Gasteiger partial charge >= 0.3 is 0 Å². The molecule has 2 fully saturated rings. The van der Waals surface area contributed by atoms with Crippen LogP contribution in [0.2, 0.25) is 0 Å². The van der Waals surface area contributed by atoms with Gasteiger partial charge in [0.25, 0.3) is 0 Å². The van der Waals surface area contributed by atoms with E-state index in [1.807, 2.05) is 30.0 Å². The Bertz CT molecular complexity index is 915. The summed E-state index contributed by atoms with van der Waals surface area (Å²) < 4.78 is 19.6. The first-order valence-electron chi connectivity index (χ1n) is 9.75. The van der Waals surface area contributed by atoms with E-state index in [9.17, 15) is 9.18 Å². The Morgan fingerprint density at radius 2 is 2.22 bits per heavy atom. The van der Waals surface area contributed by atoms with Crippen LogP contribution in [-0.2, 0) is 10.2 Å². The number of hydrogen-bond acceptors (Lipinski definition) is 3. The zero-order valence-corrected chi connectivity index (χ0v) is 15.5. The van der Waals surface area contributed by atoms with Crippen molar-refractivity contribution in [3.05, 3.63) is 59.2 Å². The van der Waals surface area contributed by atoms with Crippen LogP contribution in [0.4, 0.5) is 4.39 Å². The SMILES string of the molecule is Cc1cccc(C2CCCN2C(=O)[C@H]2C[C@@]23CCOc2ccc(F)cc23)n1. The Kier molecular flexibility index (Phi) is 3.74. The van der Waals surface area contributed by atoms with Gasteiger partial charge in [0.05, 0.1) is 18.3 Å². The molecule has 3 heterocycles. The second-order valence-corrected chi connectivity index (χ2v) is 8.05. The average Bonchev–Trinajstić information content (AvgIpc) is 3.16. The number of likely N-dealkylation sites (tertiary alicyclic amines) is 1. The predicted molar refractivity (Wildman–Crippen MR) is 99.0 cm³/mol. The molecule has 0 N–H and O–H groups in total. The number of halogens is 1. The van der Waals surface area contributed by atoms with Gasteiger partial charge < -0.3 is 9.64 Å². The quantitative estimate of drug-likeness (QED) is 0.809. The van der Waals surface area contributed by atoms with Crippen molar-refractivity contribution in [2.24, 2.45) is 5.92 Å². The molecule has 3 atom stereocenters. The van der Waals surface area contributed by atoms with Gasteiger partial charge in [-0.15, -0.1) is 0 Å². The summed E-state index contributed by atoms with van der Waals surface area (Å²) in [5, 5.41) is 0. The number of nitrogens with zero attached hydrogens (tertiary/aromatic N) is 2. The number of pyridine rings is 1. The molecule has 140 valence electrons. The fourth-order valence-electron chi connectivity index (χ4n) is 4.99. The Labute approximate surface area is 158 Å². The van der Waals surface area contributed by atoms with Crippen LogP contribution < -0.4 is 4.74 Å². The van der Waals surface area contributed by atoms with E-state index in [0.29, 0.717) is 6.61 Å². The number of hydrogen-bond donors (Lipinski definition) is 0. The van der Waals surface area contributed by atoms with E-state index in [1.54, 1.807) is 12.1 Å². The highest BCUT2D eigenvalue weighted by atomic mass is 19.1. The third-order valence-electron chi connectivity index (χ3n) is 6.44. The van der Waals surface area contributed by atoms with Gasteiger partial charge in [0.1, 0.15) is 11.6 Å². The van der Waals surface area contributed by atoms with Crippen LogP contribution in [0.3, 0.4) is 0 Å². The molecule has 27 heavy (non-hydrogen) atoms. The molecule has 2 aromatic rings. The predicted octanol–water partition coefficient (Wildman–Crippen LogP) is 3.93. The lowest BCUT2D eigenvalue weighted by atomic mass is 9.87. The van der Waals surface area contributed by atoms with Crippen molar-refractivity contribution < 1.29 is 13.9 Å². The lowest BCUT2D eigenvalue weighted by Gasteiger charge is -2.29. The zero-order valence-electron chi connectivity index (χ0n) is 15.5. The van der Waals surface area contributed by atoms with Crippen LogP contribution in [0, 0.1) is 18.7 Å². The topological polar surface area (TPSA) is 42.4 Å². The monoisotopic (exact) mass is 366 g/mol. The van der Waals surface area contributed by atoms with Crippen molar-refractivity contribution in [1.29, 1.82) is 0 Å². The van der Waals surface area contributed by atoms with Gasteiger partial charge in [0.2, 0.25) is 5.91 Å². The highest BCUT2D eigenvalue weighted by Crippen LogP contribution is 2.61. The maximum atomic E-state index is 13.9. The summed E-state index contributed by atoms with van der Waals surface area (Å²) in [6, 6.07) is 10.7. The van der Waals surface area contributed by atoms with Crippen LogP contribution >= 0.6 is 0 Å². The Balaban J connectivity index is 1.43. The normalized spacial score (nSPS) is 28.7. The number of rotatable bonds is 2. The van der Waals surface area contributed by atoms with E-state index in [0.717, 1.165) is 54.9 Å². The van der Waals surface area contributed by atoms with Gasteiger partial charge in [-0.2, -0.15) is 0 Å². The van der Waals surface area contributed by atoms with Crippen molar-refractivity contribution in [3.63, 3.8) is 0 Å². The molecule has 4 nitrogen and oxygen atoms in total. The summed E-state index contributed by atoms with van der Waals surface area (Å²) in [6.45, 7) is 3.34. The fourth-order valence-corrected chi connectivity index (χ4v) is 4.99. The molecule has 1 spiro atoms. The van der Waals surface area contributed by atoms with Gasteiger partial charge in [-0.25, -0.2) is 4.39 Å². The molecule has 1 aromatic carbocycles. The van der Waals surface area contributed by atoms with Crippen LogP contribution in [0.15, 0.2) is 36.4 Å². The molecule has 5 rings (SSSR count). The molecule has 1 aromatic heterocycles. The van der Waals surface area contributed by atoms with Gasteiger partial charge in [-0.05, 0) is 62.9 Å². The number of carbonyl (C=O) groups is 1. The standard InChI is InChI=1S/C22H23FN2O2/c1-14-4-2-5-18(24-14)19-6-3-10-25(19)21(26)17-13-22(17)9-11-27-20-8-7-15(23)12-16(20)22/h2,4-5,7-8,12,17,19H,3,6,9-11,13H2,1H3/t17-,19?,22-/m1/s1. The van der Waals surface area contributed by atoms with Crippen LogP contribution in [0.25, 0.3) is 0 Å². The lowest BCUT2D eigenvalue weighted by Crippen LogP contribution is -2.35. The molecule has 1 saturated carbocycles. The maximum absolute atomic E-state index is 13.9.